The summed E-state index contributed by atoms with van der Waals surface area (Å²) in [5.74, 6) is 0. The highest BCUT2D eigenvalue weighted by molar-refractivity contribution is 4.92. The van der Waals surface area contributed by atoms with Gasteiger partial charge in [0.05, 0.1) is 0 Å². The average molecular weight is 198 g/mol. The van der Waals surface area contributed by atoms with Crippen molar-refractivity contribution in [3.8, 4) is 0 Å². The van der Waals surface area contributed by atoms with Gasteiger partial charge in [-0.3, -0.25) is 0 Å². The van der Waals surface area contributed by atoms with Crippen molar-refractivity contribution in [1.82, 2.24) is 10.2 Å². The van der Waals surface area contributed by atoms with Gasteiger partial charge in [0.1, 0.15) is 0 Å². The van der Waals surface area contributed by atoms with Gasteiger partial charge in [0, 0.05) is 13.1 Å². The third-order valence-corrected chi connectivity index (χ3v) is 3.52. The van der Waals surface area contributed by atoms with Crippen LogP contribution in [0.4, 0.5) is 0 Å². The Bertz CT molecular complexity index is 150. The van der Waals surface area contributed by atoms with E-state index >= 15 is 0 Å². The minimum atomic E-state index is 0.661. The number of hydrogen-bond acceptors (Lipinski definition) is 2. The zero-order valence-electron chi connectivity index (χ0n) is 10.1. The van der Waals surface area contributed by atoms with Crippen LogP contribution < -0.4 is 5.32 Å². The van der Waals surface area contributed by atoms with Gasteiger partial charge < -0.3 is 10.2 Å². The monoisotopic (exact) mass is 198 g/mol. The van der Waals surface area contributed by atoms with E-state index in [-0.39, 0.29) is 0 Å². The lowest BCUT2D eigenvalue weighted by molar-refractivity contribution is 0.109. The highest BCUT2D eigenvalue weighted by Crippen LogP contribution is 2.35. The Hall–Kier alpha value is -0.0800. The zero-order chi connectivity index (χ0) is 10.4. The second-order valence-electron chi connectivity index (χ2n) is 4.40. The van der Waals surface area contributed by atoms with Crippen molar-refractivity contribution in [2.75, 3.05) is 32.7 Å². The predicted molar refractivity (Wildman–Crippen MR) is 62.6 cm³/mol. The molecule has 0 aromatic carbocycles. The number of nitrogens with one attached hydrogen (secondary N) is 1. The Kier molecular flexibility index (Phi) is 4.90. The van der Waals surface area contributed by atoms with Gasteiger partial charge in [0.15, 0.2) is 0 Å². The molecule has 0 aromatic rings. The summed E-state index contributed by atoms with van der Waals surface area (Å²) in [6, 6.07) is 0. The van der Waals surface area contributed by atoms with Crippen molar-refractivity contribution in [3.63, 3.8) is 0 Å². The first-order valence-electron chi connectivity index (χ1n) is 6.28. The summed E-state index contributed by atoms with van der Waals surface area (Å²) in [4.78, 5) is 2.61. The third kappa shape index (κ3) is 2.71. The first kappa shape index (κ1) is 12.0. The number of nitrogens with zero attached hydrogens (tertiary/aromatic N) is 1. The Morgan fingerprint density at radius 2 is 2.07 bits per heavy atom. The Morgan fingerprint density at radius 1 is 1.29 bits per heavy atom. The second kappa shape index (κ2) is 5.72. The molecule has 2 rings (SSSR count). The summed E-state index contributed by atoms with van der Waals surface area (Å²) < 4.78 is 0. The van der Waals surface area contributed by atoms with Gasteiger partial charge in [0.2, 0.25) is 0 Å². The van der Waals surface area contributed by atoms with Gasteiger partial charge in [-0.25, -0.2) is 0 Å². The number of hydrogen-bond donors (Lipinski definition) is 1. The maximum atomic E-state index is 3.50. The maximum absolute atomic E-state index is 3.50. The molecular weight excluding hydrogens is 172 g/mol. The van der Waals surface area contributed by atoms with E-state index < -0.39 is 0 Å². The highest BCUT2D eigenvalue weighted by Gasteiger charge is 2.37. The van der Waals surface area contributed by atoms with E-state index in [2.05, 4.69) is 17.1 Å². The molecule has 2 heterocycles. The molecule has 1 spiro atoms. The standard InChI is InChI=1S/C10H20N2.C2H6/c1-2-12-7-3-4-10(9-12)5-6-11-8-10;1-2/h11H,2-9H2,1H3;1-2H3. The van der Waals surface area contributed by atoms with Gasteiger partial charge in [-0.2, -0.15) is 0 Å². The van der Waals surface area contributed by atoms with Gasteiger partial charge in [0.25, 0.3) is 0 Å². The molecule has 2 fully saturated rings. The van der Waals surface area contributed by atoms with Crippen LogP contribution >= 0.6 is 0 Å². The molecule has 1 atom stereocenters. The van der Waals surface area contributed by atoms with Crippen LogP contribution in [-0.2, 0) is 0 Å². The van der Waals surface area contributed by atoms with E-state index in [0.29, 0.717) is 5.41 Å². The first-order chi connectivity index (χ1) is 6.85. The van der Waals surface area contributed by atoms with E-state index in [1.54, 1.807) is 0 Å². The quantitative estimate of drug-likeness (QED) is 0.694. The Balaban J connectivity index is 0.000000461. The van der Waals surface area contributed by atoms with Crippen LogP contribution in [0, 0.1) is 5.41 Å². The van der Waals surface area contributed by atoms with Crippen LogP contribution in [0.5, 0.6) is 0 Å². The molecule has 2 heteroatoms. The molecule has 84 valence electrons. The molecule has 2 saturated heterocycles. The highest BCUT2D eigenvalue weighted by atomic mass is 15.1. The minimum Gasteiger partial charge on any atom is -0.316 e. The summed E-state index contributed by atoms with van der Waals surface area (Å²) >= 11 is 0. The van der Waals surface area contributed by atoms with Crippen LogP contribution in [0.1, 0.15) is 40.0 Å². The molecule has 0 radical (unpaired) electrons. The minimum absolute atomic E-state index is 0.661. The van der Waals surface area contributed by atoms with Crippen LogP contribution in [-0.4, -0.2) is 37.6 Å². The lowest BCUT2D eigenvalue weighted by Gasteiger charge is -2.39. The summed E-state index contributed by atoms with van der Waals surface area (Å²) in [6.45, 7) is 12.7. The van der Waals surface area contributed by atoms with E-state index in [1.807, 2.05) is 13.8 Å². The molecule has 0 bridgehead atoms. The average Bonchev–Trinajstić information content (AvgIpc) is 2.69. The number of rotatable bonds is 1. The van der Waals surface area contributed by atoms with Gasteiger partial charge in [-0.1, -0.05) is 20.8 Å². The second-order valence-corrected chi connectivity index (χ2v) is 4.40. The van der Waals surface area contributed by atoms with Crippen LogP contribution in [0.3, 0.4) is 0 Å². The van der Waals surface area contributed by atoms with E-state index in [0.717, 1.165) is 0 Å². The molecule has 2 aliphatic heterocycles. The Labute approximate surface area is 89.1 Å². The smallest absolute Gasteiger partial charge is 0.00505 e. The number of piperidine rings is 1. The summed E-state index contributed by atoms with van der Waals surface area (Å²) in [6.07, 6.45) is 4.27. The normalized spacial score (nSPS) is 32.8. The van der Waals surface area contributed by atoms with Crippen molar-refractivity contribution in [2.24, 2.45) is 5.41 Å². The SMILES string of the molecule is CC.CCN1CCCC2(CCNC2)C1. The molecule has 2 aliphatic rings. The van der Waals surface area contributed by atoms with Crippen molar-refractivity contribution >= 4 is 0 Å². The van der Waals surface area contributed by atoms with Crippen molar-refractivity contribution in [1.29, 1.82) is 0 Å². The molecule has 1 unspecified atom stereocenters. The van der Waals surface area contributed by atoms with Gasteiger partial charge >= 0.3 is 0 Å². The molecule has 2 nitrogen and oxygen atoms in total. The zero-order valence-corrected chi connectivity index (χ0v) is 10.1. The van der Waals surface area contributed by atoms with Crippen LogP contribution in [0.15, 0.2) is 0 Å². The topological polar surface area (TPSA) is 15.3 Å². The molecule has 0 amide bonds. The predicted octanol–water partition coefficient (Wildman–Crippen LogP) is 2.11. The third-order valence-electron chi connectivity index (χ3n) is 3.52. The molecule has 14 heavy (non-hydrogen) atoms. The number of likely N-dealkylation sites (tertiary alicyclic amines) is 1. The Morgan fingerprint density at radius 3 is 2.64 bits per heavy atom. The maximum Gasteiger partial charge on any atom is 0.00505 e. The molecule has 0 aromatic heterocycles. The molecular formula is C12H26N2. The van der Waals surface area contributed by atoms with E-state index in [1.165, 1.54) is 52.0 Å². The van der Waals surface area contributed by atoms with Gasteiger partial charge in [-0.15, -0.1) is 0 Å². The first-order valence-corrected chi connectivity index (χ1v) is 6.28. The van der Waals surface area contributed by atoms with Crippen LogP contribution in [0.25, 0.3) is 0 Å². The molecule has 1 N–H and O–H groups in total. The molecule has 0 saturated carbocycles. The van der Waals surface area contributed by atoms with Crippen molar-refractivity contribution in [2.45, 2.75) is 40.0 Å². The lowest BCUT2D eigenvalue weighted by Crippen LogP contribution is -2.44. The van der Waals surface area contributed by atoms with Crippen LogP contribution in [0.2, 0.25) is 0 Å². The summed E-state index contributed by atoms with van der Waals surface area (Å²) in [7, 11) is 0. The van der Waals surface area contributed by atoms with Gasteiger partial charge in [-0.05, 0) is 44.3 Å². The largest absolute Gasteiger partial charge is 0.316 e. The fourth-order valence-electron chi connectivity index (χ4n) is 2.72. The van der Waals surface area contributed by atoms with Crippen molar-refractivity contribution < 1.29 is 0 Å². The van der Waals surface area contributed by atoms with E-state index in [4.69, 9.17) is 0 Å². The lowest BCUT2D eigenvalue weighted by atomic mass is 9.79. The fraction of sp³-hybridized carbons (Fsp3) is 1.00. The summed E-state index contributed by atoms with van der Waals surface area (Å²) in [5, 5.41) is 3.50. The molecule has 0 aliphatic carbocycles. The fourth-order valence-corrected chi connectivity index (χ4v) is 2.72. The summed E-state index contributed by atoms with van der Waals surface area (Å²) in [5.41, 5.74) is 0.661. The van der Waals surface area contributed by atoms with E-state index in [9.17, 15) is 0 Å². The van der Waals surface area contributed by atoms with Crippen molar-refractivity contribution in [3.05, 3.63) is 0 Å².